The molecule has 9 nitrogen and oxygen atoms in total. The maximum atomic E-state index is 5.84. The van der Waals surface area contributed by atoms with Crippen molar-refractivity contribution in [2.45, 2.75) is 19.9 Å². The molecule has 24 heavy (non-hydrogen) atoms. The molecule has 120 valence electrons. The lowest BCUT2D eigenvalue weighted by Gasteiger charge is -2.04. The van der Waals surface area contributed by atoms with Crippen LogP contribution in [0.1, 0.15) is 18.4 Å². The fourth-order valence-electron chi connectivity index (χ4n) is 2.42. The minimum atomic E-state index is 0.134. The van der Waals surface area contributed by atoms with Crippen LogP contribution in [0, 0.1) is 0 Å². The van der Waals surface area contributed by atoms with Crippen LogP contribution in [0.4, 0.5) is 5.95 Å². The summed E-state index contributed by atoms with van der Waals surface area (Å²) in [6, 6.07) is 5.40. The van der Waals surface area contributed by atoms with E-state index in [1.54, 1.807) is 29.3 Å². The summed E-state index contributed by atoms with van der Waals surface area (Å²) in [6.07, 6.45) is 4.07. The van der Waals surface area contributed by atoms with Crippen LogP contribution in [0.15, 0.2) is 35.1 Å². The monoisotopic (exact) mass is 322 g/mol. The fraction of sp³-hybridized carbons (Fsp3) is 0.200. The number of nitrogen functional groups attached to an aromatic ring is 1. The van der Waals surface area contributed by atoms with Crippen molar-refractivity contribution >= 4 is 17.1 Å². The van der Waals surface area contributed by atoms with Gasteiger partial charge in [-0.3, -0.25) is 0 Å². The molecule has 0 aromatic carbocycles. The summed E-state index contributed by atoms with van der Waals surface area (Å²) in [5.41, 5.74) is 8.25. The van der Waals surface area contributed by atoms with Gasteiger partial charge in [0.1, 0.15) is 11.5 Å². The smallest absolute Gasteiger partial charge is 0.222 e. The van der Waals surface area contributed by atoms with Crippen LogP contribution in [-0.2, 0) is 13.0 Å². The first kappa shape index (κ1) is 14.2. The molecule has 0 aliphatic rings. The van der Waals surface area contributed by atoms with Crippen molar-refractivity contribution in [2.75, 3.05) is 5.73 Å². The number of nitrogens with two attached hydrogens (primary N) is 1. The molecule has 0 amide bonds. The Morgan fingerprint density at radius 2 is 2.12 bits per heavy atom. The second kappa shape index (κ2) is 5.69. The average Bonchev–Trinajstić information content (AvgIpc) is 3.25. The third-order valence-electron chi connectivity index (χ3n) is 3.53. The molecule has 0 saturated carbocycles. The number of aryl methyl sites for hydroxylation is 1. The second-order valence-corrected chi connectivity index (χ2v) is 5.14. The van der Waals surface area contributed by atoms with Crippen LogP contribution in [0.2, 0.25) is 0 Å². The number of rotatable bonds is 4. The summed E-state index contributed by atoms with van der Waals surface area (Å²) >= 11 is 0. The van der Waals surface area contributed by atoms with Crippen LogP contribution >= 0.6 is 0 Å². The van der Waals surface area contributed by atoms with Gasteiger partial charge in [-0.05, 0) is 18.2 Å². The van der Waals surface area contributed by atoms with Crippen molar-refractivity contribution in [1.82, 2.24) is 34.9 Å². The maximum Gasteiger partial charge on any atom is 0.222 e. The van der Waals surface area contributed by atoms with Crippen LogP contribution in [0.5, 0.6) is 0 Å². The van der Waals surface area contributed by atoms with Crippen molar-refractivity contribution in [1.29, 1.82) is 0 Å². The predicted octanol–water partition coefficient (Wildman–Crippen LogP) is 1.46. The molecule has 0 aliphatic heterocycles. The third-order valence-corrected chi connectivity index (χ3v) is 3.53. The van der Waals surface area contributed by atoms with Gasteiger partial charge in [-0.15, -0.1) is 5.10 Å². The molecule has 0 aliphatic carbocycles. The van der Waals surface area contributed by atoms with Gasteiger partial charge in [0.15, 0.2) is 16.9 Å². The Balaban J connectivity index is 1.80. The van der Waals surface area contributed by atoms with Gasteiger partial charge < -0.3 is 10.2 Å². The first-order valence-corrected chi connectivity index (χ1v) is 7.46. The van der Waals surface area contributed by atoms with Gasteiger partial charge in [-0.25, -0.2) is 19.6 Å². The Morgan fingerprint density at radius 3 is 2.92 bits per heavy atom. The van der Waals surface area contributed by atoms with Crippen molar-refractivity contribution in [3.05, 3.63) is 42.2 Å². The Bertz CT molecular complexity index is 992. The van der Waals surface area contributed by atoms with Crippen molar-refractivity contribution in [3.8, 4) is 11.5 Å². The number of fused-ring (bicyclic) bond motifs is 1. The van der Waals surface area contributed by atoms with E-state index in [9.17, 15) is 0 Å². The van der Waals surface area contributed by atoms with Crippen LogP contribution in [0.3, 0.4) is 0 Å². The second-order valence-electron chi connectivity index (χ2n) is 5.14. The lowest BCUT2D eigenvalue weighted by atomic mass is 10.3. The lowest BCUT2D eigenvalue weighted by molar-refractivity contribution is 0.580. The maximum absolute atomic E-state index is 5.84. The average molecular weight is 322 g/mol. The van der Waals surface area contributed by atoms with Gasteiger partial charge in [-0.1, -0.05) is 12.1 Å². The molecule has 2 N–H and O–H groups in total. The standard InChI is InChI=1S/C15H14N8O/c1-2-11-17-6-5-9(18-11)8-23-14-13(21-22-23)12(19-15(16)20-14)10-4-3-7-24-10/h3-7H,2,8H2,1H3,(H2,16,19,20). The summed E-state index contributed by atoms with van der Waals surface area (Å²) in [5, 5.41) is 8.35. The summed E-state index contributed by atoms with van der Waals surface area (Å²) < 4.78 is 7.04. The molecular formula is C15H14N8O. The van der Waals surface area contributed by atoms with Crippen LogP contribution < -0.4 is 5.73 Å². The first-order chi connectivity index (χ1) is 11.7. The SMILES string of the molecule is CCc1nccc(Cn2nnc3c(-c4ccco4)nc(N)nc32)n1. The zero-order valence-corrected chi connectivity index (χ0v) is 12.9. The number of anilines is 1. The molecular weight excluding hydrogens is 308 g/mol. The molecule has 0 saturated heterocycles. The van der Waals surface area contributed by atoms with E-state index in [2.05, 4.69) is 30.2 Å². The molecule has 0 radical (unpaired) electrons. The molecule has 4 aromatic rings. The Kier molecular flexibility index (Phi) is 3.38. The minimum absolute atomic E-state index is 0.134. The first-order valence-electron chi connectivity index (χ1n) is 7.46. The molecule has 9 heteroatoms. The highest BCUT2D eigenvalue weighted by molar-refractivity contribution is 5.85. The number of hydrogen-bond acceptors (Lipinski definition) is 8. The molecule has 0 fully saturated rings. The number of hydrogen-bond donors (Lipinski definition) is 1. The number of furan rings is 1. The molecule has 0 spiro atoms. The van der Waals surface area contributed by atoms with E-state index >= 15 is 0 Å². The summed E-state index contributed by atoms with van der Waals surface area (Å²) in [6.45, 7) is 2.42. The van der Waals surface area contributed by atoms with Crippen LogP contribution in [0.25, 0.3) is 22.6 Å². The largest absolute Gasteiger partial charge is 0.463 e. The number of nitrogens with zero attached hydrogens (tertiary/aromatic N) is 7. The van der Waals surface area contributed by atoms with Gasteiger partial charge in [0, 0.05) is 12.6 Å². The van der Waals surface area contributed by atoms with E-state index in [1.165, 1.54) is 0 Å². The lowest BCUT2D eigenvalue weighted by Crippen LogP contribution is -2.07. The van der Waals surface area contributed by atoms with Crippen molar-refractivity contribution in [2.24, 2.45) is 0 Å². The molecule has 0 unspecified atom stereocenters. The predicted molar refractivity (Wildman–Crippen MR) is 85.7 cm³/mol. The quantitative estimate of drug-likeness (QED) is 0.599. The van der Waals surface area contributed by atoms with Gasteiger partial charge in [0.2, 0.25) is 5.95 Å². The van der Waals surface area contributed by atoms with E-state index in [-0.39, 0.29) is 5.95 Å². The van der Waals surface area contributed by atoms with E-state index < -0.39 is 0 Å². The third kappa shape index (κ3) is 2.45. The minimum Gasteiger partial charge on any atom is -0.463 e. The summed E-state index contributed by atoms with van der Waals surface area (Å²) in [7, 11) is 0. The molecule has 0 bridgehead atoms. The van der Waals surface area contributed by atoms with E-state index in [4.69, 9.17) is 10.2 Å². The molecule has 4 aromatic heterocycles. The Hall–Kier alpha value is -3.36. The Labute approximate surface area is 136 Å². The topological polar surface area (TPSA) is 121 Å². The normalized spacial score (nSPS) is 11.2. The zero-order valence-electron chi connectivity index (χ0n) is 12.9. The van der Waals surface area contributed by atoms with Gasteiger partial charge in [-0.2, -0.15) is 4.98 Å². The Morgan fingerprint density at radius 1 is 1.21 bits per heavy atom. The van der Waals surface area contributed by atoms with Gasteiger partial charge >= 0.3 is 0 Å². The van der Waals surface area contributed by atoms with Gasteiger partial charge in [0.05, 0.1) is 18.5 Å². The van der Waals surface area contributed by atoms with E-state index in [1.807, 2.05) is 13.0 Å². The number of aromatic nitrogens is 7. The molecule has 4 heterocycles. The molecule has 4 rings (SSSR count). The van der Waals surface area contributed by atoms with Crippen molar-refractivity contribution in [3.63, 3.8) is 0 Å². The van der Waals surface area contributed by atoms with E-state index in [0.717, 1.165) is 17.9 Å². The van der Waals surface area contributed by atoms with Gasteiger partial charge in [0.25, 0.3) is 0 Å². The zero-order chi connectivity index (χ0) is 16.5. The summed E-state index contributed by atoms with van der Waals surface area (Å²) in [4.78, 5) is 17.2. The highest BCUT2D eigenvalue weighted by Gasteiger charge is 2.17. The van der Waals surface area contributed by atoms with Crippen LogP contribution in [-0.4, -0.2) is 34.9 Å². The summed E-state index contributed by atoms with van der Waals surface area (Å²) in [5.74, 6) is 1.48. The highest BCUT2D eigenvalue weighted by atomic mass is 16.3. The molecule has 0 atom stereocenters. The highest BCUT2D eigenvalue weighted by Crippen LogP contribution is 2.25. The van der Waals surface area contributed by atoms with E-state index in [0.29, 0.717) is 29.2 Å². The van der Waals surface area contributed by atoms with Crippen molar-refractivity contribution < 1.29 is 4.42 Å². The fourth-order valence-corrected chi connectivity index (χ4v) is 2.42.